The second-order valence-corrected chi connectivity index (χ2v) is 4.13. The molecule has 6 heteroatoms. The molecule has 0 spiro atoms. The monoisotopic (exact) mass is 237 g/mol. The Balaban J connectivity index is 2.34. The van der Waals surface area contributed by atoms with Gasteiger partial charge in [-0.05, 0) is 25.3 Å². The maximum Gasteiger partial charge on any atom is 0.311 e. The second kappa shape index (κ2) is 5.09. The highest BCUT2D eigenvalue weighted by molar-refractivity contribution is 5.58. The first-order valence-corrected chi connectivity index (χ1v) is 5.71. The molecule has 92 valence electrons. The number of piperidine rings is 1. The van der Waals surface area contributed by atoms with E-state index in [2.05, 4.69) is 4.98 Å². The van der Waals surface area contributed by atoms with Crippen LogP contribution in [0.1, 0.15) is 19.3 Å². The van der Waals surface area contributed by atoms with E-state index in [0.29, 0.717) is 12.4 Å². The molecular formula is C11H15N3O3. The summed E-state index contributed by atoms with van der Waals surface area (Å²) in [6.07, 6.45) is 4.42. The number of aliphatic hydroxyl groups is 1. The van der Waals surface area contributed by atoms with Gasteiger partial charge in [0.1, 0.15) is 0 Å². The minimum absolute atomic E-state index is 0.00727. The van der Waals surface area contributed by atoms with Gasteiger partial charge >= 0.3 is 5.69 Å². The molecule has 0 saturated carbocycles. The first kappa shape index (κ1) is 11.8. The van der Waals surface area contributed by atoms with Gasteiger partial charge in [0, 0.05) is 18.8 Å². The smallest absolute Gasteiger partial charge is 0.311 e. The van der Waals surface area contributed by atoms with Gasteiger partial charge < -0.3 is 10.0 Å². The fourth-order valence-corrected chi connectivity index (χ4v) is 2.22. The van der Waals surface area contributed by atoms with Crippen molar-refractivity contribution >= 4 is 11.5 Å². The zero-order valence-corrected chi connectivity index (χ0v) is 9.45. The standard InChI is InChI=1S/C11H15N3O3/c15-8-9-4-1-2-7-13(9)11-10(14(16)17)5-3-6-12-11/h3,5-6,9,15H,1-2,4,7-8H2/t9-/m0/s1. The Morgan fingerprint density at radius 2 is 2.41 bits per heavy atom. The third kappa shape index (κ3) is 2.36. The number of aromatic nitrogens is 1. The number of nitro groups is 1. The lowest BCUT2D eigenvalue weighted by atomic mass is 10.0. The van der Waals surface area contributed by atoms with E-state index in [1.165, 1.54) is 6.07 Å². The summed E-state index contributed by atoms with van der Waals surface area (Å²) in [6.45, 7) is 0.719. The van der Waals surface area contributed by atoms with Crippen molar-refractivity contribution in [1.82, 2.24) is 4.98 Å². The predicted molar refractivity (Wildman–Crippen MR) is 63.0 cm³/mol. The molecule has 1 aliphatic heterocycles. The van der Waals surface area contributed by atoms with Crippen molar-refractivity contribution in [1.29, 1.82) is 0 Å². The van der Waals surface area contributed by atoms with Crippen LogP contribution in [-0.4, -0.2) is 34.2 Å². The highest BCUT2D eigenvalue weighted by atomic mass is 16.6. The molecule has 0 radical (unpaired) electrons. The van der Waals surface area contributed by atoms with Gasteiger partial charge in [-0.3, -0.25) is 10.1 Å². The van der Waals surface area contributed by atoms with E-state index in [4.69, 9.17) is 0 Å². The molecular weight excluding hydrogens is 222 g/mol. The first-order valence-electron chi connectivity index (χ1n) is 5.71. The summed E-state index contributed by atoms with van der Waals surface area (Å²) in [6, 6.07) is 2.95. The van der Waals surface area contributed by atoms with Crippen molar-refractivity contribution in [3.8, 4) is 0 Å². The number of anilines is 1. The Morgan fingerprint density at radius 3 is 3.12 bits per heavy atom. The van der Waals surface area contributed by atoms with Crippen molar-refractivity contribution in [2.45, 2.75) is 25.3 Å². The van der Waals surface area contributed by atoms with E-state index in [0.717, 1.165) is 19.3 Å². The van der Waals surface area contributed by atoms with Crippen LogP contribution in [0.2, 0.25) is 0 Å². The molecule has 0 bridgehead atoms. The third-order valence-electron chi connectivity index (χ3n) is 3.07. The van der Waals surface area contributed by atoms with Crippen molar-refractivity contribution in [2.24, 2.45) is 0 Å². The van der Waals surface area contributed by atoms with Crippen molar-refractivity contribution in [2.75, 3.05) is 18.1 Å². The van der Waals surface area contributed by atoms with Crippen LogP contribution in [0.15, 0.2) is 18.3 Å². The molecule has 1 fully saturated rings. The maximum absolute atomic E-state index is 10.9. The number of hydrogen-bond acceptors (Lipinski definition) is 5. The Labute approximate surface area is 99.0 Å². The molecule has 1 saturated heterocycles. The molecule has 6 nitrogen and oxygen atoms in total. The molecule has 1 aromatic rings. The molecule has 2 heterocycles. The summed E-state index contributed by atoms with van der Waals surface area (Å²) in [4.78, 5) is 16.5. The fraction of sp³-hybridized carbons (Fsp3) is 0.545. The lowest BCUT2D eigenvalue weighted by Crippen LogP contribution is -2.42. The van der Waals surface area contributed by atoms with Gasteiger partial charge in [-0.2, -0.15) is 0 Å². The maximum atomic E-state index is 10.9. The molecule has 1 aliphatic rings. The number of aliphatic hydroxyl groups excluding tert-OH is 1. The summed E-state index contributed by atoms with van der Waals surface area (Å²) in [5.41, 5.74) is 0.00727. The average Bonchev–Trinajstić information content (AvgIpc) is 2.38. The quantitative estimate of drug-likeness (QED) is 0.634. The minimum Gasteiger partial charge on any atom is -0.394 e. The van der Waals surface area contributed by atoms with E-state index in [9.17, 15) is 15.2 Å². The van der Waals surface area contributed by atoms with Crippen molar-refractivity contribution in [3.05, 3.63) is 28.4 Å². The van der Waals surface area contributed by atoms with Gasteiger partial charge in [-0.1, -0.05) is 0 Å². The normalized spacial score (nSPS) is 20.3. The van der Waals surface area contributed by atoms with E-state index < -0.39 is 4.92 Å². The van der Waals surface area contributed by atoms with Gasteiger partial charge in [-0.25, -0.2) is 4.98 Å². The highest BCUT2D eigenvalue weighted by Crippen LogP contribution is 2.30. The first-order chi connectivity index (χ1) is 8.24. The molecule has 1 aromatic heterocycles. The summed E-state index contributed by atoms with van der Waals surface area (Å²) < 4.78 is 0. The number of hydrogen-bond donors (Lipinski definition) is 1. The largest absolute Gasteiger partial charge is 0.394 e. The van der Waals surface area contributed by atoms with Crippen LogP contribution in [0.25, 0.3) is 0 Å². The highest BCUT2D eigenvalue weighted by Gasteiger charge is 2.28. The Morgan fingerprint density at radius 1 is 1.59 bits per heavy atom. The Bertz CT molecular complexity index is 411. The topological polar surface area (TPSA) is 79.5 Å². The van der Waals surface area contributed by atoms with Crippen LogP contribution in [0.4, 0.5) is 11.5 Å². The zero-order chi connectivity index (χ0) is 12.3. The van der Waals surface area contributed by atoms with E-state index in [1.54, 1.807) is 12.3 Å². The fourth-order valence-electron chi connectivity index (χ4n) is 2.22. The number of rotatable bonds is 3. The van der Waals surface area contributed by atoms with Crippen LogP contribution < -0.4 is 4.90 Å². The van der Waals surface area contributed by atoms with Crippen LogP contribution in [0.5, 0.6) is 0 Å². The molecule has 2 rings (SSSR count). The molecule has 0 aliphatic carbocycles. The molecule has 1 N–H and O–H groups in total. The molecule has 0 unspecified atom stereocenters. The van der Waals surface area contributed by atoms with E-state index >= 15 is 0 Å². The van der Waals surface area contributed by atoms with Gasteiger partial charge in [0.05, 0.1) is 17.6 Å². The van der Waals surface area contributed by atoms with E-state index in [-0.39, 0.29) is 18.3 Å². The average molecular weight is 237 g/mol. The van der Waals surface area contributed by atoms with Crippen molar-refractivity contribution in [3.63, 3.8) is 0 Å². The molecule has 0 amide bonds. The second-order valence-electron chi connectivity index (χ2n) is 4.13. The third-order valence-corrected chi connectivity index (χ3v) is 3.07. The Hall–Kier alpha value is -1.69. The van der Waals surface area contributed by atoms with Crippen LogP contribution in [0.3, 0.4) is 0 Å². The summed E-state index contributed by atoms with van der Waals surface area (Å²) in [5.74, 6) is 0.372. The van der Waals surface area contributed by atoms with Gasteiger partial charge in [0.15, 0.2) is 0 Å². The Kier molecular flexibility index (Phi) is 3.53. The van der Waals surface area contributed by atoms with Crippen LogP contribution in [-0.2, 0) is 0 Å². The minimum atomic E-state index is -0.425. The summed E-state index contributed by atoms with van der Waals surface area (Å²) >= 11 is 0. The molecule has 0 aromatic carbocycles. The summed E-state index contributed by atoms with van der Waals surface area (Å²) in [5, 5.41) is 20.2. The van der Waals surface area contributed by atoms with Gasteiger partial charge in [-0.15, -0.1) is 0 Å². The van der Waals surface area contributed by atoms with Crippen LogP contribution >= 0.6 is 0 Å². The SMILES string of the molecule is O=[N+]([O-])c1cccnc1N1CCCC[C@H]1CO. The van der Waals surface area contributed by atoms with Gasteiger partial charge in [0.25, 0.3) is 0 Å². The lowest BCUT2D eigenvalue weighted by molar-refractivity contribution is -0.384. The number of pyridine rings is 1. The van der Waals surface area contributed by atoms with Crippen molar-refractivity contribution < 1.29 is 10.0 Å². The predicted octanol–water partition coefficient (Wildman–Crippen LogP) is 1.34. The number of nitrogens with zero attached hydrogens (tertiary/aromatic N) is 3. The zero-order valence-electron chi connectivity index (χ0n) is 9.45. The molecule has 17 heavy (non-hydrogen) atoms. The summed E-state index contributed by atoms with van der Waals surface area (Å²) in [7, 11) is 0. The molecule has 1 atom stereocenters. The van der Waals surface area contributed by atoms with Crippen LogP contribution in [0, 0.1) is 10.1 Å². The lowest BCUT2D eigenvalue weighted by Gasteiger charge is -2.34. The van der Waals surface area contributed by atoms with Gasteiger partial charge in [0.2, 0.25) is 5.82 Å². The van der Waals surface area contributed by atoms with E-state index in [1.807, 2.05) is 4.90 Å².